The molecule has 1 fully saturated rings. The molecular formula is C21H24ClN3O3S. The number of hydrogen-bond acceptors (Lipinski definition) is 5. The zero-order valence-corrected chi connectivity index (χ0v) is 17.8. The van der Waals surface area contributed by atoms with Crippen molar-refractivity contribution >= 4 is 34.6 Å². The molecule has 2 aromatic heterocycles. The van der Waals surface area contributed by atoms with E-state index in [1.807, 2.05) is 6.07 Å². The maximum absolute atomic E-state index is 12.7. The number of nitrogens with one attached hydrogen (secondary N) is 2. The van der Waals surface area contributed by atoms with Crippen LogP contribution >= 0.6 is 23.7 Å². The summed E-state index contributed by atoms with van der Waals surface area (Å²) in [7, 11) is 1.73. The molecule has 2 aliphatic rings. The Hall–Kier alpha value is -2.09. The highest BCUT2D eigenvalue weighted by molar-refractivity contribution is 7.09. The number of ether oxygens (including phenoxy) is 1. The van der Waals surface area contributed by atoms with Crippen LogP contribution in [0.2, 0.25) is 0 Å². The normalized spacial score (nSPS) is 22.7. The molecule has 29 heavy (non-hydrogen) atoms. The molecule has 1 aliphatic heterocycles. The molecule has 1 aromatic carbocycles. The lowest BCUT2D eigenvalue weighted by atomic mass is 9.73. The Morgan fingerprint density at radius 3 is 2.97 bits per heavy atom. The maximum atomic E-state index is 12.7. The van der Waals surface area contributed by atoms with Crippen LogP contribution in [0.5, 0.6) is 5.75 Å². The lowest BCUT2D eigenvalue weighted by Gasteiger charge is -2.32. The first-order valence-corrected chi connectivity index (χ1v) is 10.7. The van der Waals surface area contributed by atoms with Crippen LogP contribution < -0.4 is 21.3 Å². The Kier molecular flexibility index (Phi) is 5.55. The van der Waals surface area contributed by atoms with Gasteiger partial charge in [-0.2, -0.15) is 0 Å². The largest absolute Gasteiger partial charge is 0.496 e. The third-order valence-electron chi connectivity index (χ3n) is 6.39. The van der Waals surface area contributed by atoms with Crippen molar-refractivity contribution in [2.75, 3.05) is 13.7 Å². The van der Waals surface area contributed by atoms with Crippen LogP contribution in [0.1, 0.15) is 29.9 Å². The van der Waals surface area contributed by atoms with Gasteiger partial charge < -0.3 is 15.0 Å². The zero-order chi connectivity index (χ0) is 19.3. The molecule has 6 nitrogen and oxygen atoms in total. The van der Waals surface area contributed by atoms with Crippen LogP contribution in [0.3, 0.4) is 0 Å². The smallest absolute Gasteiger partial charge is 0.328 e. The van der Waals surface area contributed by atoms with Crippen molar-refractivity contribution < 1.29 is 4.74 Å². The number of halogens is 1. The van der Waals surface area contributed by atoms with E-state index in [0.717, 1.165) is 31.6 Å². The average Bonchev–Trinajstić information content (AvgIpc) is 3.34. The number of benzene rings is 1. The molecule has 1 unspecified atom stereocenters. The zero-order valence-electron chi connectivity index (χ0n) is 16.1. The first-order chi connectivity index (χ1) is 13.7. The highest BCUT2D eigenvalue weighted by Crippen LogP contribution is 2.45. The molecule has 5 rings (SSSR count). The van der Waals surface area contributed by atoms with Crippen molar-refractivity contribution in [2.24, 2.45) is 5.92 Å². The van der Waals surface area contributed by atoms with E-state index in [1.165, 1.54) is 27.0 Å². The van der Waals surface area contributed by atoms with Crippen LogP contribution in [0.25, 0.3) is 10.9 Å². The third-order valence-corrected chi connectivity index (χ3v) is 7.13. The third kappa shape index (κ3) is 3.31. The second kappa shape index (κ2) is 7.97. The predicted octanol–water partition coefficient (Wildman–Crippen LogP) is 2.89. The molecular weight excluding hydrogens is 410 g/mol. The first kappa shape index (κ1) is 20.2. The molecule has 3 atom stereocenters. The van der Waals surface area contributed by atoms with Crippen molar-refractivity contribution in [1.82, 2.24) is 14.9 Å². The van der Waals surface area contributed by atoms with E-state index in [0.29, 0.717) is 29.3 Å². The summed E-state index contributed by atoms with van der Waals surface area (Å²) in [6.07, 6.45) is 2.93. The standard InChI is InChI=1S/C21H23N3O3S.ClH/c1-27-18-4-2-3-14-13(18)6-5-12-9-22-16(19(12)14)7-8-24-20(25)15-10-28-11-17(15)23-21(24)26;/h2-4,10-12,16,19,22H,5-9H2,1H3,(H,23,26);1H/t12-,16?,19+;/m0./s1. The molecule has 1 saturated heterocycles. The number of rotatable bonds is 4. The van der Waals surface area contributed by atoms with Gasteiger partial charge in [0, 0.05) is 29.3 Å². The summed E-state index contributed by atoms with van der Waals surface area (Å²) in [6.45, 7) is 1.40. The topological polar surface area (TPSA) is 76.1 Å². The molecule has 154 valence electrons. The second-order valence-corrected chi connectivity index (χ2v) is 8.49. The summed E-state index contributed by atoms with van der Waals surface area (Å²) in [5.74, 6) is 1.97. The van der Waals surface area contributed by atoms with Gasteiger partial charge in [-0.15, -0.1) is 23.7 Å². The maximum Gasteiger partial charge on any atom is 0.328 e. The number of H-pyrrole nitrogens is 1. The van der Waals surface area contributed by atoms with E-state index < -0.39 is 0 Å². The van der Waals surface area contributed by atoms with E-state index in [2.05, 4.69) is 22.4 Å². The van der Waals surface area contributed by atoms with Gasteiger partial charge in [0.25, 0.3) is 5.56 Å². The molecule has 0 spiro atoms. The van der Waals surface area contributed by atoms with E-state index in [-0.39, 0.29) is 29.7 Å². The number of nitrogens with zero attached hydrogens (tertiary/aromatic N) is 1. The Bertz CT molecular complexity index is 1150. The van der Waals surface area contributed by atoms with Gasteiger partial charge in [0.2, 0.25) is 0 Å². The van der Waals surface area contributed by atoms with Gasteiger partial charge in [-0.05, 0) is 48.9 Å². The molecule has 3 heterocycles. The first-order valence-electron chi connectivity index (χ1n) is 9.75. The number of fused-ring (bicyclic) bond motifs is 4. The molecule has 0 radical (unpaired) electrons. The highest BCUT2D eigenvalue weighted by atomic mass is 35.5. The SMILES string of the molecule is COc1cccc2c1CC[C@H]1CNC(CCn3c(=O)[nH]c4cscc4c3=O)[C@@H]21.Cl. The number of aromatic amines is 1. The quantitative estimate of drug-likeness (QED) is 0.663. The van der Waals surface area contributed by atoms with Gasteiger partial charge in [-0.1, -0.05) is 12.1 Å². The van der Waals surface area contributed by atoms with Gasteiger partial charge in [0.05, 0.1) is 18.0 Å². The van der Waals surface area contributed by atoms with Gasteiger partial charge in [0.15, 0.2) is 0 Å². The summed E-state index contributed by atoms with van der Waals surface area (Å²) < 4.78 is 6.93. The van der Waals surface area contributed by atoms with Crippen molar-refractivity contribution in [1.29, 1.82) is 0 Å². The fourth-order valence-corrected chi connectivity index (χ4v) is 5.81. The van der Waals surface area contributed by atoms with Crippen LogP contribution in [-0.2, 0) is 13.0 Å². The fourth-order valence-electron chi connectivity index (χ4n) is 5.05. The minimum atomic E-state index is -0.323. The van der Waals surface area contributed by atoms with Gasteiger partial charge in [-0.25, -0.2) is 4.79 Å². The van der Waals surface area contributed by atoms with Crippen molar-refractivity contribution in [3.63, 3.8) is 0 Å². The Labute approximate surface area is 178 Å². The molecule has 8 heteroatoms. The number of hydrogen-bond donors (Lipinski definition) is 2. The number of methoxy groups -OCH3 is 1. The van der Waals surface area contributed by atoms with Gasteiger partial charge >= 0.3 is 5.69 Å². The van der Waals surface area contributed by atoms with E-state index in [4.69, 9.17) is 4.74 Å². The molecule has 1 aliphatic carbocycles. The van der Waals surface area contributed by atoms with Gasteiger partial charge in [-0.3, -0.25) is 9.36 Å². The Balaban J connectivity index is 0.00000205. The second-order valence-electron chi connectivity index (χ2n) is 7.74. The van der Waals surface area contributed by atoms with E-state index >= 15 is 0 Å². The summed E-state index contributed by atoms with van der Waals surface area (Å²) in [4.78, 5) is 27.9. The van der Waals surface area contributed by atoms with Crippen molar-refractivity contribution in [2.45, 2.75) is 37.8 Å². The lowest BCUT2D eigenvalue weighted by molar-refractivity contribution is 0.371. The Morgan fingerprint density at radius 1 is 1.28 bits per heavy atom. The van der Waals surface area contributed by atoms with E-state index in [1.54, 1.807) is 17.9 Å². The van der Waals surface area contributed by atoms with Crippen LogP contribution in [0, 0.1) is 5.92 Å². The summed E-state index contributed by atoms with van der Waals surface area (Å²) >= 11 is 1.43. The summed E-state index contributed by atoms with van der Waals surface area (Å²) in [6, 6.07) is 6.56. The highest BCUT2D eigenvalue weighted by Gasteiger charge is 2.40. The van der Waals surface area contributed by atoms with Crippen molar-refractivity contribution in [3.05, 3.63) is 60.9 Å². The summed E-state index contributed by atoms with van der Waals surface area (Å²) in [5, 5.41) is 7.85. The number of thiophene rings is 1. The monoisotopic (exact) mass is 433 g/mol. The lowest BCUT2D eigenvalue weighted by Crippen LogP contribution is -2.37. The van der Waals surface area contributed by atoms with E-state index in [9.17, 15) is 9.59 Å². The van der Waals surface area contributed by atoms with Crippen molar-refractivity contribution in [3.8, 4) is 5.75 Å². The Morgan fingerprint density at radius 2 is 2.14 bits per heavy atom. The number of aromatic nitrogens is 2. The van der Waals surface area contributed by atoms with Crippen LogP contribution in [0.15, 0.2) is 38.5 Å². The van der Waals surface area contributed by atoms with Gasteiger partial charge in [0.1, 0.15) is 5.75 Å². The minimum Gasteiger partial charge on any atom is -0.496 e. The van der Waals surface area contributed by atoms with Crippen LogP contribution in [-0.4, -0.2) is 29.2 Å². The molecule has 0 saturated carbocycles. The fraction of sp³-hybridized carbons (Fsp3) is 0.429. The summed E-state index contributed by atoms with van der Waals surface area (Å²) in [5.41, 5.74) is 2.79. The minimum absolute atomic E-state index is 0. The predicted molar refractivity (Wildman–Crippen MR) is 118 cm³/mol. The average molecular weight is 434 g/mol. The molecule has 3 aromatic rings. The molecule has 2 N–H and O–H groups in total. The molecule has 0 amide bonds. The molecule has 0 bridgehead atoms. The van der Waals surface area contributed by atoms with Crippen LogP contribution in [0.4, 0.5) is 0 Å².